The van der Waals surface area contributed by atoms with Crippen LogP contribution in [0.5, 0.6) is 23.3 Å². The van der Waals surface area contributed by atoms with Crippen LogP contribution >= 0.6 is 11.6 Å². The fourth-order valence-corrected chi connectivity index (χ4v) is 2.91. The van der Waals surface area contributed by atoms with E-state index < -0.39 is 12.1 Å². The SMILES string of the molecule is CC(C)c1nc(Oc2c(Cl)cc(NC(=O)C(F)(F)F)c3c2CCO3)ncc1O. The van der Waals surface area contributed by atoms with Gasteiger partial charge in [0.15, 0.2) is 11.5 Å². The Morgan fingerprint density at radius 2 is 2.14 bits per heavy atom. The summed E-state index contributed by atoms with van der Waals surface area (Å²) in [5.74, 6) is -2.18. The number of rotatable bonds is 4. The van der Waals surface area contributed by atoms with Gasteiger partial charge in [-0.3, -0.25) is 4.79 Å². The minimum atomic E-state index is -5.06. The maximum Gasteiger partial charge on any atom is 0.471 e. The summed E-state index contributed by atoms with van der Waals surface area (Å²) in [6.07, 6.45) is -3.57. The van der Waals surface area contributed by atoms with E-state index in [1.807, 2.05) is 13.8 Å². The first-order valence-electron chi connectivity index (χ1n) is 8.18. The molecule has 1 aliphatic heterocycles. The van der Waals surface area contributed by atoms with Crippen LogP contribution in [0, 0.1) is 0 Å². The van der Waals surface area contributed by atoms with Crippen molar-refractivity contribution in [2.24, 2.45) is 0 Å². The number of carbonyl (C=O) groups is 1. The molecule has 1 aromatic carbocycles. The van der Waals surface area contributed by atoms with Crippen LogP contribution in [0.2, 0.25) is 5.02 Å². The second-order valence-corrected chi connectivity index (χ2v) is 6.68. The fourth-order valence-electron chi connectivity index (χ4n) is 2.65. The van der Waals surface area contributed by atoms with Crippen LogP contribution in [0.3, 0.4) is 0 Å². The molecule has 1 amide bonds. The van der Waals surface area contributed by atoms with E-state index in [1.165, 1.54) is 6.20 Å². The van der Waals surface area contributed by atoms with Crippen molar-refractivity contribution in [1.29, 1.82) is 0 Å². The van der Waals surface area contributed by atoms with Crippen molar-refractivity contribution in [1.82, 2.24) is 9.97 Å². The quantitative estimate of drug-likeness (QED) is 0.774. The molecular weight excluding hydrogens is 403 g/mol. The smallest absolute Gasteiger partial charge is 0.471 e. The fraction of sp³-hybridized carbons (Fsp3) is 0.353. The molecule has 0 fully saturated rings. The van der Waals surface area contributed by atoms with E-state index in [9.17, 15) is 23.1 Å². The van der Waals surface area contributed by atoms with Gasteiger partial charge in [0, 0.05) is 12.0 Å². The first-order chi connectivity index (χ1) is 13.1. The molecule has 0 atom stereocenters. The summed E-state index contributed by atoms with van der Waals surface area (Å²) in [5.41, 5.74) is 0.539. The summed E-state index contributed by atoms with van der Waals surface area (Å²) < 4.78 is 48.6. The molecular formula is C17H15ClF3N3O4. The summed E-state index contributed by atoms with van der Waals surface area (Å²) in [6.45, 7) is 3.82. The lowest BCUT2D eigenvalue weighted by molar-refractivity contribution is -0.167. The second kappa shape index (κ2) is 7.34. The van der Waals surface area contributed by atoms with E-state index in [2.05, 4.69) is 9.97 Å². The van der Waals surface area contributed by atoms with Gasteiger partial charge in [0.05, 0.1) is 29.2 Å². The van der Waals surface area contributed by atoms with Crippen LogP contribution in [0.4, 0.5) is 18.9 Å². The van der Waals surface area contributed by atoms with Gasteiger partial charge in [-0.1, -0.05) is 25.4 Å². The predicted molar refractivity (Wildman–Crippen MR) is 93.2 cm³/mol. The highest BCUT2D eigenvalue weighted by Gasteiger charge is 2.40. The van der Waals surface area contributed by atoms with Crippen LogP contribution in [0.15, 0.2) is 12.3 Å². The average Bonchev–Trinajstić information content (AvgIpc) is 3.08. The molecule has 1 aliphatic rings. The van der Waals surface area contributed by atoms with Crippen LogP contribution in [0.1, 0.15) is 31.0 Å². The van der Waals surface area contributed by atoms with Gasteiger partial charge in [0.2, 0.25) is 0 Å². The number of ether oxygens (including phenoxy) is 2. The van der Waals surface area contributed by atoms with E-state index in [-0.39, 0.29) is 46.5 Å². The number of amides is 1. The highest BCUT2D eigenvalue weighted by atomic mass is 35.5. The molecule has 2 aromatic rings. The van der Waals surface area contributed by atoms with Gasteiger partial charge in [0.1, 0.15) is 5.75 Å². The molecule has 0 bridgehead atoms. The minimum absolute atomic E-state index is 0.0415. The van der Waals surface area contributed by atoms with Crippen molar-refractivity contribution in [2.75, 3.05) is 11.9 Å². The number of carbonyl (C=O) groups excluding carboxylic acids is 1. The third-order valence-corrected chi connectivity index (χ3v) is 4.18. The maximum absolute atomic E-state index is 12.5. The molecule has 0 saturated carbocycles. The molecule has 2 N–H and O–H groups in total. The number of hydrogen-bond donors (Lipinski definition) is 2. The largest absolute Gasteiger partial charge is 0.504 e. The molecule has 11 heteroatoms. The summed E-state index contributed by atoms with van der Waals surface area (Å²) in [4.78, 5) is 19.3. The highest BCUT2D eigenvalue weighted by molar-refractivity contribution is 6.32. The van der Waals surface area contributed by atoms with E-state index in [1.54, 1.807) is 5.32 Å². The number of anilines is 1. The van der Waals surface area contributed by atoms with Gasteiger partial charge in [-0.15, -0.1) is 0 Å². The van der Waals surface area contributed by atoms with Crippen LogP contribution in [0.25, 0.3) is 0 Å². The normalized spacial score (nSPS) is 13.2. The third-order valence-electron chi connectivity index (χ3n) is 3.90. The van der Waals surface area contributed by atoms with Crippen LogP contribution in [-0.2, 0) is 11.2 Å². The number of alkyl halides is 3. The Balaban J connectivity index is 1.97. The van der Waals surface area contributed by atoms with Gasteiger partial charge in [-0.25, -0.2) is 0 Å². The zero-order valence-electron chi connectivity index (χ0n) is 14.7. The van der Waals surface area contributed by atoms with Crippen molar-refractivity contribution in [3.8, 4) is 23.3 Å². The Hall–Kier alpha value is -2.75. The summed E-state index contributed by atoms with van der Waals surface area (Å²) in [5, 5.41) is 11.5. The number of aromatic nitrogens is 2. The summed E-state index contributed by atoms with van der Waals surface area (Å²) in [6, 6.07) is 1.01. The monoisotopic (exact) mass is 417 g/mol. The van der Waals surface area contributed by atoms with E-state index >= 15 is 0 Å². The molecule has 2 heterocycles. The van der Waals surface area contributed by atoms with Crippen molar-refractivity contribution in [2.45, 2.75) is 32.4 Å². The topological polar surface area (TPSA) is 93.6 Å². The van der Waals surface area contributed by atoms with E-state index in [0.717, 1.165) is 6.07 Å². The molecule has 0 radical (unpaired) electrons. The molecule has 3 rings (SSSR count). The highest BCUT2D eigenvalue weighted by Crippen LogP contribution is 2.46. The minimum Gasteiger partial charge on any atom is -0.504 e. The zero-order chi connectivity index (χ0) is 20.6. The molecule has 0 saturated heterocycles. The number of halogens is 4. The predicted octanol–water partition coefficient (Wildman–Crippen LogP) is 4.19. The Labute approximate surface area is 162 Å². The first-order valence-corrected chi connectivity index (χ1v) is 8.55. The van der Waals surface area contributed by atoms with Gasteiger partial charge < -0.3 is 19.9 Å². The van der Waals surface area contributed by atoms with Gasteiger partial charge in [0.25, 0.3) is 0 Å². The molecule has 7 nitrogen and oxygen atoms in total. The Kier molecular flexibility index (Phi) is 5.24. The third kappa shape index (κ3) is 3.91. The molecule has 1 aromatic heterocycles. The second-order valence-electron chi connectivity index (χ2n) is 6.27. The van der Waals surface area contributed by atoms with E-state index in [0.29, 0.717) is 17.7 Å². The maximum atomic E-state index is 12.5. The molecule has 28 heavy (non-hydrogen) atoms. The average molecular weight is 418 g/mol. The number of hydrogen-bond acceptors (Lipinski definition) is 6. The van der Waals surface area contributed by atoms with E-state index in [4.69, 9.17) is 21.1 Å². The number of benzene rings is 1. The number of nitrogens with zero attached hydrogens (tertiary/aromatic N) is 2. The molecule has 150 valence electrons. The Bertz CT molecular complexity index is 935. The van der Waals surface area contributed by atoms with Crippen LogP contribution < -0.4 is 14.8 Å². The molecule has 0 aliphatic carbocycles. The number of fused-ring (bicyclic) bond motifs is 1. The Morgan fingerprint density at radius 1 is 1.43 bits per heavy atom. The lowest BCUT2D eigenvalue weighted by Gasteiger charge is -2.16. The van der Waals surface area contributed by atoms with Gasteiger partial charge in [-0.2, -0.15) is 23.1 Å². The summed E-state index contributed by atoms with van der Waals surface area (Å²) >= 11 is 6.18. The van der Waals surface area contributed by atoms with Crippen molar-refractivity contribution in [3.05, 3.63) is 28.5 Å². The van der Waals surface area contributed by atoms with Gasteiger partial charge in [-0.05, 0) is 12.0 Å². The number of aromatic hydroxyl groups is 1. The first kappa shape index (κ1) is 20.0. The lowest BCUT2D eigenvalue weighted by Crippen LogP contribution is -2.30. The zero-order valence-corrected chi connectivity index (χ0v) is 15.5. The molecule has 0 spiro atoms. The van der Waals surface area contributed by atoms with Crippen molar-refractivity contribution < 1.29 is 32.5 Å². The van der Waals surface area contributed by atoms with Crippen LogP contribution in [-0.4, -0.2) is 33.8 Å². The summed E-state index contributed by atoms with van der Waals surface area (Å²) in [7, 11) is 0. The van der Waals surface area contributed by atoms with Crippen molar-refractivity contribution in [3.63, 3.8) is 0 Å². The van der Waals surface area contributed by atoms with Gasteiger partial charge >= 0.3 is 18.1 Å². The molecule has 0 unspecified atom stereocenters. The Morgan fingerprint density at radius 3 is 2.79 bits per heavy atom. The number of nitrogens with one attached hydrogen (secondary N) is 1. The lowest BCUT2D eigenvalue weighted by atomic mass is 10.1. The standard InChI is InChI=1S/C17H15ClF3N3O4/c1-7(2)12-11(25)6-22-16(24-12)28-13-8-3-4-27-14(8)10(5-9(13)18)23-15(26)17(19,20)21/h5-7,25H,3-4H2,1-2H3,(H,23,26). The van der Waals surface area contributed by atoms with Crippen molar-refractivity contribution >= 4 is 23.2 Å².